The molecule has 2 fully saturated rings. The van der Waals surface area contributed by atoms with Crippen LogP contribution in [-0.2, 0) is 12.0 Å². The van der Waals surface area contributed by atoms with E-state index in [-0.39, 0.29) is 5.41 Å². The highest BCUT2D eigenvalue weighted by Gasteiger charge is 2.24. The molecule has 1 atom stereocenters. The standard InChI is InChI=1S/C19H35N5/c1-19(2,3)18-12-17(20-21-18)15-24-7-5-6-16(14-24)13-23-10-8-22(4)9-11-23/h12,16H,5-11,13-15H2,1-4H3,(H,20,21). The first-order chi connectivity index (χ1) is 11.4. The van der Waals surface area contributed by atoms with E-state index in [9.17, 15) is 0 Å². The second kappa shape index (κ2) is 7.54. The maximum Gasteiger partial charge on any atom is 0.0678 e. The van der Waals surface area contributed by atoms with Gasteiger partial charge in [0.1, 0.15) is 0 Å². The van der Waals surface area contributed by atoms with Gasteiger partial charge in [0, 0.05) is 56.9 Å². The van der Waals surface area contributed by atoms with Crippen LogP contribution in [0.2, 0.25) is 0 Å². The molecule has 2 aliphatic heterocycles. The van der Waals surface area contributed by atoms with Crippen LogP contribution in [0.15, 0.2) is 6.07 Å². The van der Waals surface area contributed by atoms with Crippen molar-refractivity contribution in [2.45, 2.75) is 45.6 Å². The molecule has 3 rings (SSSR count). The molecule has 0 saturated carbocycles. The third-order valence-corrected chi connectivity index (χ3v) is 5.51. The van der Waals surface area contributed by atoms with Gasteiger partial charge in [-0.3, -0.25) is 10.00 Å². The lowest BCUT2D eigenvalue weighted by atomic mass is 9.92. The molecule has 2 saturated heterocycles. The molecule has 3 heterocycles. The third-order valence-electron chi connectivity index (χ3n) is 5.51. The Balaban J connectivity index is 1.49. The van der Waals surface area contributed by atoms with Crippen molar-refractivity contribution in [2.24, 2.45) is 5.92 Å². The molecule has 1 N–H and O–H groups in total. The van der Waals surface area contributed by atoms with Gasteiger partial charge in [-0.15, -0.1) is 0 Å². The van der Waals surface area contributed by atoms with Crippen molar-refractivity contribution in [3.8, 4) is 0 Å². The molecular formula is C19H35N5. The number of hydrogen-bond donors (Lipinski definition) is 1. The van der Waals surface area contributed by atoms with E-state index in [4.69, 9.17) is 0 Å². The maximum atomic E-state index is 4.51. The quantitative estimate of drug-likeness (QED) is 0.916. The molecule has 0 aromatic carbocycles. The molecule has 136 valence electrons. The minimum absolute atomic E-state index is 0.126. The van der Waals surface area contributed by atoms with Crippen molar-refractivity contribution < 1.29 is 0 Å². The first kappa shape index (κ1) is 17.9. The second-order valence-corrected chi connectivity index (χ2v) is 8.88. The van der Waals surface area contributed by atoms with E-state index in [0.717, 1.165) is 12.5 Å². The summed E-state index contributed by atoms with van der Waals surface area (Å²) >= 11 is 0. The van der Waals surface area contributed by atoms with Gasteiger partial charge in [0.05, 0.1) is 5.69 Å². The highest BCUT2D eigenvalue weighted by molar-refractivity contribution is 5.16. The number of nitrogens with one attached hydrogen (secondary N) is 1. The largest absolute Gasteiger partial charge is 0.304 e. The molecule has 0 amide bonds. The predicted molar refractivity (Wildman–Crippen MR) is 99.2 cm³/mol. The molecule has 5 heteroatoms. The number of rotatable bonds is 4. The highest BCUT2D eigenvalue weighted by Crippen LogP contribution is 2.23. The fourth-order valence-corrected chi connectivity index (χ4v) is 3.91. The minimum atomic E-state index is 0.126. The van der Waals surface area contributed by atoms with Crippen LogP contribution in [0.3, 0.4) is 0 Å². The number of piperidine rings is 1. The summed E-state index contributed by atoms with van der Waals surface area (Å²) < 4.78 is 0. The fraction of sp³-hybridized carbons (Fsp3) is 0.842. The van der Waals surface area contributed by atoms with Crippen LogP contribution in [0, 0.1) is 5.92 Å². The molecule has 0 bridgehead atoms. The molecule has 1 aromatic heterocycles. The van der Waals surface area contributed by atoms with Crippen molar-refractivity contribution in [3.63, 3.8) is 0 Å². The number of nitrogens with zero attached hydrogens (tertiary/aromatic N) is 4. The number of aromatic nitrogens is 2. The predicted octanol–water partition coefficient (Wildman–Crippen LogP) is 2.17. The summed E-state index contributed by atoms with van der Waals surface area (Å²) in [4.78, 5) is 7.72. The Morgan fingerprint density at radius 1 is 1.12 bits per heavy atom. The van der Waals surface area contributed by atoms with Crippen molar-refractivity contribution >= 4 is 0 Å². The van der Waals surface area contributed by atoms with E-state index in [1.165, 1.54) is 70.0 Å². The van der Waals surface area contributed by atoms with Crippen LogP contribution in [0.4, 0.5) is 0 Å². The van der Waals surface area contributed by atoms with Crippen LogP contribution in [0.25, 0.3) is 0 Å². The fourth-order valence-electron chi connectivity index (χ4n) is 3.91. The van der Waals surface area contributed by atoms with Gasteiger partial charge in [-0.05, 0) is 38.4 Å². The Bertz CT molecular complexity index is 510. The molecule has 0 radical (unpaired) electrons. The molecular weight excluding hydrogens is 298 g/mol. The average Bonchev–Trinajstić information content (AvgIpc) is 2.99. The SMILES string of the molecule is CN1CCN(CC2CCCN(Cc3cc(C(C)(C)C)n[nH]3)C2)CC1. The zero-order valence-corrected chi connectivity index (χ0v) is 16.0. The summed E-state index contributed by atoms with van der Waals surface area (Å²) in [6.45, 7) is 16.3. The van der Waals surface area contributed by atoms with Crippen LogP contribution < -0.4 is 0 Å². The summed E-state index contributed by atoms with van der Waals surface area (Å²) in [5.41, 5.74) is 2.56. The van der Waals surface area contributed by atoms with Crippen molar-refractivity contribution in [1.82, 2.24) is 24.9 Å². The smallest absolute Gasteiger partial charge is 0.0678 e. The molecule has 2 aliphatic rings. The van der Waals surface area contributed by atoms with Gasteiger partial charge in [0.2, 0.25) is 0 Å². The number of aromatic amines is 1. The van der Waals surface area contributed by atoms with Gasteiger partial charge in [-0.25, -0.2) is 0 Å². The summed E-state index contributed by atoms with van der Waals surface area (Å²) in [6.07, 6.45) is 2.72. The Kier molecular flexibility index (Phi) is 5.63. The molecule has 0 spiro atoms. The Morgan fingerprint density at radius 3 is 2.54 bits per heavy atom. The topological polar surface area (TPSA) is 38.4 Å². The van der Waals surface area contributed by atoms with E-state index in [2.05, 4.69) is 58.8 Å². The number of H-pyrrole nitrogens is 1. The average molecular weight is 334 g/mol. The Morgan fingerprint density at radius 2 is 1.88 bits per heavy atom. The van der Waals surface area contributed by atoms with Gasteiger partial charge in [0.25, 0.3) is 0 Å². The summed E-state index contributed by atoms with van der Waals surface area (Å²) in [6, 6.07) is 2.25. The van der Waals surface area contributed by atoms with Crippen LogP contribution in [0.1, 0.15) is 45.0 Å². The summed E-state index contributed by atoms with van der Waals surface area (Å²) in [7, 11) is 2.23. The molecule has 24 heavy (non-hydrogen) atoms. The van der Waals surface area contributed by atoms with Crippen LogP contribution in [0.5, 0.6) is 0 Å². The van der Waals surface area contributed by atoms with E-state index < -0.39 is 0 Å². The monoisotopic (exact) mass is 333 g/mol. The number of piperazine rings is 1. The maximum absolute atomic E-state index is 4.51. The van der Waals surface area contributed by atoms with Gasteiger partial charge in [-0.2, -0.15) is 5.10 Å². The van der Waals surface area contributed by atoms with E-state index >= 15 is 0 Å². The van der Waals surface area contributed by atoms with Crippen LogP contribution in [-0.4, -0.2) is 77.8 Å². The number of likely N-dealkylation sites (N-methyl/N-ethyl adjacent to an activating group) is 1. The van der Waals surface area contributed by atoms with E-state index in [1.54, 1.807) is 0 Å². The second-order valence-electron chi connectivity index (χ2n) is 8.88. The minimum Gasteiger partial charge on any atom is -0.304 e. The Hall–Kier alpha value is -0.910. The lowest BCUT2D eigenvalue weighted by molar-refractivity contribution is 0.0961. The van der Waals surface area contributed by atoms with Gasteiger partial charge in [-0.1, -0.05) is 20.8 Å². The van der Waals surface area contributed by atoms with Crippen molar-refractivity contribution in [2.75, 3.05) is 52.9 Å². The van der Waals surface area contributed by atoms with Crippen molar-refractivity contribution in [1.29, 1.82) is 0 Å². The van der Waals surface area contributed by atoms with Gasteiger partial charge in [0.15, 0.2) is 0 Å². The molecule has 1 unspecified atom stereocenters. The summed E-state index contributed by atoms with van der Waals surface area (Å²) in [5.74, 6) is 0.826. The molecule has 1 aromatic rings. The van der Waals surface area contributed by atoms with E-state index in [1.807, 2.05) is 0 Å². The first-order valence-electron chi connectivity index (χ1n) is 9.58. The molecule has 0 aliphatic carbocycles. The van der Waals surface area contributed by atoms with Crippen molar-refractivity contribution in [3.05, 3.63) is 17.5 Å². The third kappa shape index (κ3) is 4.80. The summed E-state index contributed by atoms with van der Waals surface area (Å²) in [5, 5.41) is 7.76. The number of likely N-dealkylation sites (tertiary alicyclic amines) is 1. The van der Waals surface area contributed by atoms with Crippen LogP contribution >= 0.6 is 0 Å². The Labute approximate surface area is 147 Å². The molecule has 5 nitrogen and oxygen atoms in total. The van der Waals surface area contributed by atoms with Gasteiger partial charge >= 0.3 is 0 Å². The number of hydrogen-bond acceptors (Lipinski definition) is 4. The normalized spacial score (nSPS) is 25.2. The zero-order chi connectivity index (χ0) is 17.2. The van der Waals surface area contributed by atoms with E-state index in [0.29, 0.717) is 0 Å². The highest BCUT2D eigenvalue weighted by atomic mass is 15.3. The van der Waals surface area contributed by atoms with Gasteiger partial charge < -0.3 is 9.80 Å². The first-order valence-corrected chi connectivity index (χ1v) is 9.58. The zero-order valence-electron chi connectivity index (χ0n) is 16.0. The lowest BCUT2D eigenvalue weighted by Gasteiger charge is -2.38. The lowest BCUT2D eigenvalue weighted by Crippen LogP contribution is -2.48.